The molecule has 0 aliphatic heterocycles. The maximum atomic E-state index is 12.3. The highest BCUT2D eigenvalue weighted by Gasteiger charge is 2.24. The number of H-pyrrole nitrogens is 1. The Labute approximate surface area is 131 Å². The first kappa shape index (κ1) is 16.3. The molecule has 124 valence electrons. The summed E-state index contributed by atoms with van der Waals surface area (Å²) in [6, 6.07) is 0. The Morgan fingerprint density at radius 3 is 2.52 bits per heavy atom. The van der Waals surface area contributed by atoms with Crippen molar-refractivity contribution in [3.8, 4) is 0 Å². The third-order valence-corrected chi connectivity index (χ3v) is 3.63. The molecule has 11 heteroatoms. The molecule has 11 nitrogen and oxygen atoms in total. The molecular formula is C12H20N9O2+. The SMILES string of the molecule is CN(Cc1[nH]c2c(c(=O)n(C)c(=O)n2C)[n+]1C)C(=N)N=C(N)N. The number of fused-ring (bicyclic) bond motifs is 1. The lowest BCUT2D eigenvalue weighted by molar-refractivity contribution is -0.654. The number of aliphatic imine (C=N–C) groups is 1. The van der Waals surface area contributed by atoms with Crippen molar-refractivity contribution in [2.45, 2.75) is 6.54 Å². The van der Waals surface area contributed by atoms with Gasteiger partial charge in [-0.15, -0.1) is 0 Å². The van der Waals surface area contributed by atoms with E-state index < -0.39 is 11.2 Å². The molecule has 0 aliphatic carbocycles. The third-order valence-electron chi connectivity index (χ3n) is 3.63. The Kier molecular flexibility index (Phi) is 3.95. The fraction of sp³-hybridized carbons (Fsp3) is 0.417. The summed E-state index contributed by atoms with van der Waals surface area (Å²) in [7, 11) is 6.35. The highest BCUT2D eigenvalue weighted by Crippen LogP contribution is 2.04. The second-order valence-corrected chi connectivity index (χ2v) is 5.25. The molecule has 6 N–H and O–H groups in total. The number of imidazole rings is 1. The minimum absolute atomic E-state index is 0.120. The number of hydrogen-bond donors (Lipinski definition) is 4. The van der Waals surface area contributed by atoms with Crippen LogP contribution in [0.5, 0.6) is 0 Å². The molecule has 0 bridgehead atoms. The van der Waals surface area contributed by atoms with Gasteiger partial charge < -0.3 is 16.4 Å². The quantitative estimate of drug-likeness (QED) is 0.264. The lowest BCUT2D eigenvalue weighted by Gasteiger charge is -2.13. The molecule has 2 rings (SSSR count). The molecule has 0 aromatic carbocycles. The van der Waals surface area contributed by atoms with Crippen molar-refractivity contribution >= 4 is 23.1 Å². The zero-order valence-corrected chi connectivity index (χ0v) is 13.4. The van der Waals surface area contributed by atoms with Crippen LogP contribution >= 0.6 is 0 Å². The number of hydrogen-bond acceptors (Lipinski definition) is 3. The van der Waals surface area contributed by atoms with Crippen molar-refractivity contribution in [3.63, 3.8) is 0 Å². The number of rotatable bonds is 2. The molecule has 2 aromatic heterocycles. The Morgan fingerprint density at radius 1 is 1.35 bits per heavy atom. The van der Waals surface area contributed by atoms with Crippen LogP contribution in [0.2, 0.25) is 0 Å². The van der Waals surface area contributed by atoms with Gasteiger partial charge in [-0.2, -0.15) is 4.99 Å². The first-order chi connectivity index (χ1) is 10.6. The predicted molar refractivity (Wildman–Crippen MR) is 85.0 cm³/mol. The molecule has 0 atom stereocenters. The van der Waals surface area contributed by atoms with Gasteiger partial charge in [-0.25, -0.2) is 14.3 Å². The molecule has 23 heavy (non-hydrogen) atoms. The fourth-order valence-corrected chi connectivity index (χ4v) is 2.28. The highest BCUT2D eigenvalue weighted by atomic mass is 16.2. The number of nitrogens with two attached hydrogens (primary N) is 2. The molecule has 2 heterocycles. The smallest absolute Gasteiger partial charge is 0.333 e. The molecule has 0 unspecified atom stereocenters. The van der Waals surface area contributed by atoms with Crippen LogP contribution in [0.1, 0.15) is 5.82 Å². The normalized spacial score (nSPS) is 10.8. The van der Waals surface area contributed by atoms with Gasteiger partial charge in [0.1, 0.15) is 6.54 Å². The Bertz CT molecular complexity index is 927. The molecule has 0 saturated heterocycles. The van der Waals surface area contributed by atoms with Gasteiger partial charge >= 0.3 is 11.2 Å². The van der Waals surface area contributed by atoms with Crippen LogP contribution < -0.4 is 27.3 Å². The van der Waals surface area contributed by atoms with Gasteiger partial charge in [-0.05, 0) is 0 Å². The minimum atomic E-state index is -0.419. The van der Waals surface area contributed by atoms with Crippen molar-refractivity contribution in [2.24, 2.45) is 37.6 Å². The largest absolute Gasteiger partial charge is 0.370 e. The minimum Gasteiger partial charge on any atom is -0.370 e. The van der Waals surface area contributed by atoms with Gasteiger partial charge in [-0.3, -0.25) is 19.3 Å². The highest BCUT2D eigenvalue weighted by molar-refractivity contribution is 5.91. The van der Waals surface area contributed by atoms with Crippen molar-refractivity contribution < 1.29 is 4.57 Å². The molecule has 0 aliphatic rings. The van der Waals surface area contributed by atoms with Gasteiger partial charge in [0, 0.05) is 21.1 Å². The summed E-state index contributed by atoms with van der Waals surface area (Å²) in [6.07, 6.45) is 0. The van der Waals surface area contributed by atoms with Crippen molar-refractivity contribution in [1.82, 2.24) is 19.0 Å². The van der Waals surface area contributed by atoms with E-state index >= 15 is 0 Å². The molecular weight excluding hydrogens is 302 g/mol. The lowest BCUT2D eigenvalue weighted by atomic mass is 10.5. The van der Waals surface area contributed by atoms with E-state index in [2.05, 4.69) is 9.98 Å². The van der Waals surface area contributed by atoms with Gasteiger partial charge in [0.25, 0.3) is 17.0 Å². The molecule has 0 saturated carbocycles. The van der Waals surface area contributed by atoms with E-state index in [1.54, 1.807) is 25.7 Å². The number of nitrogens with zero attached hydrogens (tertiary/aromatic N) is 5. The molecule has 0 fully saturated rings. The summed E-state index contributed by atoms with van der Waals surface area (Å²) in [6.45, 7) is 0.248. The zero-order valence-electron chi connectivity index (χ0n) is 13.4. The van der Waals surface area contributed by atoms with Crippen molar-refractivity contribution in [2.75, 3.05) is 7.05 Å². The molecule has 2 aromatic rings. The average Bonchev–Trinajstić information content (AvgIpc) is 2.79. The molecule has 0 amide bonds. The Balaban J connectivity index is 2.55. The maximum absolute atomic E-state index is 12.3. The molecule has 0 spiro atoms. The van der Waals surface area contributed by atoms with Gasteiger partial charge in [0.2, 0.25) is 5.96 Å². The van der Waals surface area contributed by atoms with E-state index in [-0.39, 0.29) is 18.5 Å². The first-order valence-corrected chi connectivity index (χ1v) is 6.71. The first-order valence-electron chi connectivity index (χ1n) is 6.71. The second kappa shape index (κ2) is 5.59. The monoisotopic (exact) mass is 322 g/mol. The number of nitrogens with one attached hydrogen (secondary N) is 2. The van der Waals surface area contributed by atoms with Crippen LogP contribution in [0.15, 0.2) is 14.6 Å². The summed E-state index contributed by atoms with van der Waals surface area (Å²) < 4.78 is 4.06. The van der Waals surface area contributed by atoms with Gasteiger partial charge in [0.15, 0.2) is 5.96 Å². The zero-order chi connectivity index (χ0) is 17.5. The van der Waals surface area contributed by atoms with Crippen LogP contribution in [-0.2, 0) is 27.7 Å². The lowest BCUT2D eigenvalue weighted by Crippen LogP contribution is -2.44. The van der Waals surface area contributed by atoms with E-state index in [0.717, 1.165) is 4.57 Å². The number of guanidine groups is 2. The standard InChI is InChI=1S/C12H19N9O2/c1-18(11(15)17-10(13)14)5-6-16-8-7(19(6)2)9(22)21(4)12(23)20(8)3/h5H2,1-4H3,(H5,13,14,15,17)/p+1. The van der Waals surface area contributed by atoms with Crippen LogP contribution in [0, 0.1) is 5.41 Å². The number of aromatic amines is 1. The second-order valence-electron chi connectivity index (χ2n) is 5.25. The topological polar surface area (TPSA) is 155 Å². The summed E-state index contributed by atoms with van der Waals surface area (Å²) >= 11 is 0. The summed E-state index contributed by atoms with van der Waals surface area (Å²) in [5.41, 5.74) is 10.5. The fourth-order valence-electron chi connectivity index (χ4n) is 2.28. The summed E-state index contributed by atoms with van der Waals surface area (Å²) in [5, 5.41) is 7.77. The van der Waals surface area contributed by atoms with Gasteiger partial charge in [-0.1, -0.05) is 0 Å². The summed E-state index contributed by atoms with van der Waals surface area (Å²) in [4.78, 5) is 32.5. The van der Waals surface area contributed by atoms with Crippen LogP contribution in [0.4, 0.5) is 0 Å². The van der Waals surface area contributed by atoms with Crippen LogP contribution in [-0.4, -0.2) is 38.0 Å². The van der Waals surface area contributed by atoms with Crippen LogP contribution in [0.25, 0.3) is 11.2 Å². The number of aryl methyl sites for hydroxylation is 2. The third kappa shape index (κ3) is 2.67. The predicted octanol–water partition coefficient (Wildman–Crippen LogP) is -2.97. The Hall–Kier alpha value is -3.11. The maximum Gasteiger partial charge on any atom is 0.333 e. The Morgan fingerprint density at radius 2 is 1.96 bits per heavy atom. The van der Waals surface area contributed by atoms with Crippen molar-refractivity contribution in [3.05, 3.63) is 26.7 Å². The van der Waals surface area contributed by atoms with E-state index in [1.165, 1.54) is 16.5 Å². The molecule has 0 radical (unpaired) electrons. The van der Waals surface area contributed by atoms with E-state index in [9.17, 15) is 9.59 Å². The van der Waals surface area contributed by atoms with E-state index in [4.69, 9.17) is 16.9 Å². The van der Waals surface area contributed by atoms with Gasteiger partial charge in [0.05, 0.1) is 7.05 Å². The van der Waals surface area contributed by atoms with E-state index in [0.29, 0.717) is 17.0 Å². The average molecular weight is 322 g/mol. The van der Waals surface area contributed by atoms with E-state index in [1.807, 2.05) is 0 Å². The van der Waals surface area contributed by atoms with Crippen LogP contribution in [0.3, 0.4) is 0 Å². The summed E-state index contributed by atoms with van der Waals surface area (Å²) in [5.74, 6) is 0.293. The van der Waals surface area contributed by atoms with Crippen molar-refractivity contribution in [1.29, 1.82) is 5.41 Å². The number of aromatic nitrogens is 4.